The van der Waals surface area contributed by atoms with Gasteiger partial charge >= 0.3 is 5.97 Å². The normalized spacial score (nSPS) is 20.0. The van der Waals surface area contributed by atoms with Crippen LogP contribution in [-0.2, 0) is 19.2 Å². The molecule has 1 fully saturated rings. The number of hydrogen-bond donors (Lipinski definition) is 0. The fourth-order valence-corrected chi connectivity index (χ4v) is 1.10. The van der Waals surface area contributed by atoms with Crippen molar-refractivity contribution < 1.29 is 19.2 Å². The maximum absolute atomic E-state index is 11.7. The number of carbonyl (C=O) groups is 2. The number of nitrogens with zero attached hydrogens (tertiary/aromatic N) is 1. The number of hydrogen-bond acceptors (Lipinski definition) is 4. The Morgan fingerprint density at radius 3 is 2.60 bits per heavy atom. The van der Waals surface area contributed by atoms with Gasteiger partial charge in [0.1, 0.15) is 0 Å². The maximum Gasteiger partial charge on any atom is 0.310 e. The maximum atomic E-state index is 11.7. The van der Waals surface area contributed by atoms with Crippen molar-refractivity contribution in [1.29, 1.82) is 0 Å². The fourth-order valence-electron chi connectivity index (χ4n) is 0.984. The summed E-state index contributed by atoms with van der Waals surface area (Å²) in [6.07, 6.45) is -0.437. The molecule has 0 N–H and O–H groups in total. The van der Waals surface area contributed by atoms with Crippen molar-refractivity contribution in [3.8, 4) is 0 Å². The number of halogens is 1. The first-order chi connectivity index (χ1) is 6.92. The molecule has 1 aliphatic heterocycles. The molecule has 15 heavy (non-hydrogen) atoms. The molecule has 0 bridgehead atoms. The lowest BCUT2D eigenvalue weighted by Crippen LogP contribution is -2.33. The third kappa shape index (κ3) is 2.82. The highest BCUT2D eigenvalue weighted by Gasteiger charge is 2.48. The zero-order valence-electron chi connectivity index (χ0n) is 8.95. The Balaban J connectivity index is 2.44. The van der Waals surface area contributed by atoms with Gasteiger partial charge in [-0.3, -0.25) is 9.59 Å². The Kier molecular flexibility index (Phi) is 3.57. The van der Waals surface area contributed by atoms with Crippen LogP contribution >= 0.6 is 11.6 Å². The fraction of sp³-hybridized carbons (Fsp3) is 0.778. The summed E-state index contributed by atoms with van der Waals surface area (Å²) < 4.78 is 4.46. The summed E-state index contributed by atoms with van der Waals surface area (Å²) in [6.45, 7) is 3.44. The number of esters is 1. The molecule has 0 aliphatic carbocycles. The van der Waals surface area contributed by atoms with Crippen molar-refractivity contribution in [2.45, 2.75) is 26.5 Å². The third-order valence-electron chi connectivity index (χ3n) is 2.13. The van der Waals surface area contributed by atoms with Gasteiger partial charge in [0.15, 0.2) is 6.23 Å². The highest BCUT2D eigenvalue weighted by atomic mass is 35.5. The minimum atomic E-state index is -0.674. The van der Waals surface area contributed by atoms with Crippen LogP contribution in [0.4, 0.5) is 0 Å². The Bertz CT molecular complexity index is 279. The molecule has 0 aromatic carbocycles. The van der Waals surface area contributed by atoms with Gasteiger partial charge in [-0.1, -0.05) is 0 Å². The van der Waals surface area contributed by atoms with Crippen LogP contribution in [0.2, 0.25) is 0 Å². The monoisotopic (exact) mass is 235 g/mol. The van der Waals surface area contributed by atoms with Gasteiger partial charge in [0.05, 0.1) is 18.9 Å². The predicted molar refractivity (Wildman–Crippen MR) is 52.9 cm³/mol. The molecule has 1 unspecified atom stereocenters. The number of amides is 1. The molecule has 0 aromatic heterocycles. The van der Waals surface area contributed by atoms with Crippen molar-refractivity contribution in [3.05, 3.63) is 0 Å². The van der Waals surface area contributed by atoms with E-state index >= 15 is 0 Å². The van der Waals surface area contributed by atoms with Crippen molar-refractivity contribution >= 4 is 23.5 Å². The van der Waals surface area contributed by atoms with Gasteiger partial charge in [-0.25, -0.2) is 4.84 Å². The average Bonchev–Trinajstić information content (AvgIpc) is 2.95. The van der Waals surface area contributed by atoms with E-state index < -0.39 is 17.6 Å². The van der Waals surface area contributed by atoms with E-state index in [0.717, 1.165) is 0 Å². The standard InChI is InChI=1S/C9H14ClNO4/c1-9(2,5-10)8(13)11-6(15-11)4-7(12)14-3/h6H,4-5H2,1-3H3. The van der Waals surface area contributed by atoms with Crippen LogP contribution in [0.1, 0.15) is 20.3 Å². The van der Waals surface area contributed by atoms with E-state index in [1.54, 1.807) is 13.8 Å². The van der Waals surface area contributed by atoms with Crippen LogP contribution in [0.5, 0.6) is 0 Å². The number of rotatable bonds is 4. The minimum Gasteiger partial charge on any atom is -0.469 e. The summed E-state index contributed by atoms with van der Waals surface area (Å²) in [5, 5.41) is 1.17. The van der Waals surface area contributed by atoms with Crippen LogP contribution < -0.4 is 0 Å². The smallest absolute Gasteiger partial charge is 0.310 e. The molecule has 0 radical (unpaired) electrons. The quantitative estimate of drug-likeness (QED) is 0.413. The third-order valence-corrected chi connectivity index (χ3v) is 2.80. The summed E-state index contributed by atoms with van der Waals surface area (Å²) in [5.74, 6) is -0.415. The van der Waals surface area contributed by atoms with Crippen molar-refractivity contribution in [2.24, 2.45) is 5.41 Å². The minimum absolute atomic E-state index is 0.0562. The largest absolute Gasteiger partial charge is 0.469 e. The Morgan fingerprint density at radius 1 is 1.53 bits per heavy atom. The molecule has 1 amide bonds. The van der Waals surface area contributed by atoms with E-state index in [1.807, 2.05) is 0 Å². The molecule has 0 saturated carbocycles. The van der Waals surface area contributed by atoms with Crippen molar-refractivity contribution in [3.63, 3.8) is 0 Å². The van der Waals surface area contributed by atoms with Gasteiger partial charge < -0.3 is 4.74 Å². The zero-order chi connectivity index (χ0) is 11.6. The summed E-state index contributed by atoms with van der Waals surface area (Å²) in [7, 11) is 1.29. The van der Waals surface area contributed by atoms with Gasteiger partial charge in [0.2, 0.25) is 0 Å². The Labute approximate surface area is 93.2 Å². The van der Waals surface area contributed by atoms with E-state index in [1.165, 1.54) is 12.2 Å². The lowest BCUT2D eigenvalue weighted by Gasteiger charge is -2.18. The van der Waals surface area contributed by atoms with Crippen LogP contribution in [-0.4, -0.2) is 36.2 Å². The molecule has 0 aromatic rings. The van der Waals surface area contributed by atoms with E-state index in [2.05, 4.69) is 4.74 Å². The Hall–Kier alpha value is -0.810. The lowest BCUT2D eigenvalue weighted by molar-refractivity contribution is -0.141. The summed E-state index contributed by atoms with van der Waals surface area (Å²) >= 11 is 5.65. The number of ether oxygens (including phenoxy) is 1. The second-order valence-corrected chi connectivity index (χ2v) is 4.26. The van der Waals surface area contributed by atoms with E-state index in [0.29, 0.717) is 0 Å². The zero-order valence-corrected chi connectivity index (χ0v) is 9.71. The molecule has 1 saturated heterocycles. The molecule has 6 heteroatoms. The average molecular weight is 236 g/mol. The van der Waals surface area contributed by atoms with Crippen LogP contribution in [0, 0.1) is 5.41 Å². The summed E-state index contributed by atoms with van der Waals surface area (Å²) in [5.41, 5.74) is -0.674. The second-order valence-electron chi connectivity index (χ2n) is 3.99. The molecule has 1 heterocycles. The molecule has 1 aliphatic rings. The number of methoxy groups -OCH3 is 1. The molecular weight excluding hydrogens is 222 g/mol. The first-order valence-electron chi connectivity index (χ1n) is 4.55. The molecule has 1 atom stereocenters. The lowest BCUT2D eigenvalue weighted by atomic mass is 9.95. The molecule has 5 nitrogen and oxygen atoms in total. The molecule has 86 valence electrons. The van der Waals surface area contributed by atoms with E-state index in [9.17, 15) is 9.59 Å². The van der Waals surface area contributed by atoms with Crippen LogP contribution in [0.15, 0.2) is 0 Å². The topological polar surface area (TPSA) is 58.9 Å². The number of carbonyl (C=O) groups excluding carboxylic acids is 2. The molecular formula is C9H14ClNO4. The van der Waals surface area contributed by atoms with Gasteiger partial charge in [0.25, 0.3) is 5.91 Å². The van der Waals surface area contributed by atoms with E-state index in [-0.39, 0.29) is 18.2 Å². The van der Waals surface area contributed by atoms with Gasteiger partial charge in [-0.2, -0.15) is 5.06 Å². The second kappa shape index (κ2) is 4.37. The van der Waals surface area contributed by atoms with Crippen molar-refractivity contribution in [2.75, 3.05) is 13.0 Å². The summed E-state index contributed by atoms with van der Waals surface area (Å²) in [6, 6.07) is 0. The van der Waals surface area contributed by atoms with E-state index in [4.69, 9.17) is 16.4 Å². The van der Waals surface area contributed by atoms with Gasteiger partial charge in [0, 0.05) is 5.88 Å². The van der Waals surface area contributed by atoms with Crippen LogP contribution in [0.3, 0.4) is 0 Å². The molecule has 0 spiro atoms. The highest BCUT2D eigenvalue weighted by Crippen LogP contribution is 2.31. The molecule has 1 rings (SSSR count). The van der Waals surface area contributed by atoms with Crippen LogP contribution in [0.25, 0.3) is 0 Å². The number of hydroxylamine groups is 2. The highest BCUT2D eigenvalue weighted by molar-refractivity contribution is 6.19. The SMILES string of the molecule is COC(=O)CC1ON1C(=O)C(C)(C)CCl. The predicted octanol–water partition coefficient (Wildman–Crippen LogP) is 0.914. The Morgan fingerprint density at radius 2 is 2.13 bits per heavy atom. The summed E-state index contributed by atoms with van der Waals surface area (Å²) in [4.78, 5) is 27.5. The number of alkyl halides is 1. The van der Waals surface area contributed by atoms with Gasteiger partial charge in [-0.05, 0) is 13.8 Å². The van der Waals surface area contributed by atoms with Crippen molar-refractivity contribution in [1.82, 2.24) is 5.06 Å². The first-order valence-corrected chi connectivity index (χ1v) is 5.09. The van der Waals surface area contributed by atoms with Gasteiger partial charge in [-0.15, -0.1) is 11.6 Å². The first kappa shape index (κ1) is 12.3.